The highest BCUT2D eigenvalue weighted by Crippen LogP contribution is 2.46. The Hall–Kier alpha value is -3.65. The predicted molar refractivity (Wildman–Crippen MR) is 138 cm³/mol. The third-order valence-corrected chi connectivity index (χ3v) is 7.60. The number of pyridine rings is 1. The van der Waals surface area contributed by atoms with E-state index in [0.29, 0.717) is 54.4 Å². The van der Waals surface area contributed by atoms with Crippen LogP contribution in [0, 0.1) is 30.6 Å². The van der Waals surface area contributed by atoms with Crippen LogP contribution in [0.4, 0.5) is 13.2 Å². The van der Waals surface area contributed by atoms with Gasteiger partial charge in [-0.05, 0) is 63.2 Å². The molecule has 3 aromatic rings. The Morgan fingerprint density at radius 2 is 1.95 bits per heavy atom. The van der Waals surface area contributed by atoms with Gasteiger partial charge in [0.1, 0.15) is 11.3 Å². The summed E-state index contributed by atoms with van der Waals surface area (Å²) in [6.07, 6.45) is -1.51. The monoisotopic (exact) mass is 538 g/mol. The Kier molecular flexibility index (Phi) is 7.01. The minimum Gasteiger partial charge on any atom is -0.373 e. The molecule has 204 valence electrons. The van der Waals surface area contributed by atoms with Gasteiger partial charge in [-0.25, -0.2) is 19.9 Å². The number of rotatable bonds is 7. The molecule has 8 nitrogen and oxygen atoms in total. The third-order valence-electron chi connectivity index (χ3n) is 7.60. The summed E-state index contributed by atoms with van der Waals surface area (Å²) in [5.41, 5.74) is 2.70. The fourth-order valence-electron chi connectivity index (χ4n) is 4.88. The van der Waals surface area contributed by atoms with Crippen LogP contribution in [0.3, 0.4) is 0 Å². The number of aromatic nitrogens is 5. The van der Waals surface area contributed by atoms with Crippen molar-refractivity contribution in [3.05, 3.63) is 63.7 Å². The van der Waals surface area contributed by atoms with E-state index in [1.165, 1.54) is 6.07 Å². The number of halogens is 3. The van der Waals surface area contributed by atoms with Crippen LogP contribution in [0.15, 0.2) is 29.7 Å². The minimum atomic E-state index is -4.32. The number of fused-ring (bicyclic) bond motifs is 1. The fraction of sp³-hybridized carbons (Fsp3) is 0.500. The SMILES string of the molecule is C=C(CCC(F)(F)F)c1nc(C2CCOC(c3ccc(=O)n(CC4(C#N)CC4)c3)C2)nc2nc(C)c(C)nc12. The Morgan fingerprint density at radius 3 is 2.64 bits per heavy atom. The smallest absolute Gasteiger partial charge is 0.373 e. The van der Waals surface area contributed by atoms with Gasteiger partial charge >= 0.3 is 6.18 Å². The van der Waals surface area contributed by atoms with Crippen LogP contribution >= 0.6 is 0 Å². The number of aryl methyl sites for hydroxylation is 2. The van der Waals surface area contributed by atoms with Gasteiger partial charge in [-0.2, -0.15) is 18.4 Å². The number of nitrogens with zero attached hydrogens (tertiary/aromatic N) is 6. The van der Waals surface area contributed by atoms with Gasteiger partial charge in [0.25, 0.3) is 5.56 Å². The highest BCUT2D eigenvalue weighted by molar-refractivity contribution is 5.84. The van der Waals surface area contributed by atoms with Crippen LogP contribution < -0.4 is 5.56 Å². The molecule has 1 aliphatic heterocycles. The van der Waals surface area contributed by atoms with Crippen molar-refractivity contribution in [3.63, 3.8) is 0 Å². The molecule has 2 fully saturated rings. The molecule has 1 saturated heterocycles. The molecular formula is C28H29F3N6O2. The fourth-order valence-corrected chi connectivity index (χ4v) is 4.88. The van der Waals surface area contributed by atoms with Gasteiger partial charge in [0, 0.05) is 37.8 Å². The van der Waals surface area contributed by atoms with Gasteiger partial charge in [0.15, 0.2) is 5.65 Å². The summed E-state index contributed by atoms with van der Waals surface area (Å²) < 4.78 is 46.5. The van der Waals surface area contributed by atoms with Crippen LogP contribution in [0.1, 0.15) is 79.0 Å². The molecule has 0 bridgehead atoms. The normalized spacial score (nSPS) is 20.5. The lowest BCUT2D eigenvalue weighted by molar-refractivity contribution is -0.133. The number of hydrogen-bond acceptors (Lipinski definition) is 7. The zero-order valence-electron chi connectivity index (χ0n) is 21.9. The van der Waals surface area contributed by atoms with Crippen molar-refractivity contribution in [1.82, 2.24) is 24.5 Å². The molecular weight excluding hydrogens is 509 g/mol. The van der Waals surface area contributed by atoms with Crippen LogP contribution in [-0.2, 0) is 11.3 Å². The summed E-state index contributed by atoms with van der Waals surface area (Å²) in [6.45, 7) is 8.25. The van der Waals surface area contributed by atoms with Crippen molar-refractivity contribution in [2.45, 2.75) is 77.1 Å². The highest BCUT2D eigenvalue weighted by atomic mass is 19.4. The molecule has 4 heterocycles. The Bertz CT molecular complexity index is 1540. The molecule has 3 aromatic heterocycles. The zero-order chi connectivity index (χ0) is 27.9. The summed E-state index contributed by atoms with van der Waals surface area (Å²) in [7, 11) is 0. The summed E-state index contributed by atoms with van der Waals surface area (Å²) in [6, 6.07) is 5.55. The second-order valence-corrected chi connectivity index (χ2v) is 10.6. The average molecular weight is 539 g/mol. The number of hydrogen-bond donors (Lipinski definition) is 0. The van der Waals surface area contributed by atoms with Crippen molar-refractivity contribution in [2.75, 3.05) is 6.61 Å². The lowest BCUT2D eigenvalue weighted by Crippen LogP contribution is -2.26. The van der Waals surface area contributed by atoms with E-state index in [0.717, 1.165) is 18.4 Å². The molecule has 0 aromatic carbocycles. The maximum Gasteiger partial charge on any atom is 0.389 e. The van der Waals surface area contributed by atoms with Crippen LogP contribution in [-0.4, -0.2) is 37.3 Å². The molecule has 11 heteroatoms. The summed E-state index contributed by atoms with van der Waals surface area (Å²) in [5, 5.41) is 9.45. The maximum atomic E-state index is 13.0. The minimum absolute atomic E-state index is 0.153. The van der Waals surface area contributed by atoms with E-state index in [-0.39, 0.29) is 35.3 Å². The van der Waals surface area contributed by atoms with Gasteiger partial charge in [-0.15, -0.1) is 0 Å². The molecule has 0 N–H and O–H groups in total. The highest BCUT2D eigenvalue weighted by Gasteiger charge is 2.43. The average Bonchev–Trinajstić information content (AvgIpc) is 3.68. The van der Waals surface area contributed by atoms with Gasteiger partial charge < -0.3 is 9.30 Å². The van der Waals surface area contributed by atoms with E-state index in [2.05, 4.69) is 27.6 Å². The molecule has 0 radical (unpaired) electrons. The first kappa shape index (κ1) is 26.9. The first-order valence-corrected chi connectivity index (χ1v) is 13.0. The Morgan fingerprint density at radius 1 is 1.21 bits per heavy atom. The number of alkyl halides is 3. The maximum absolute atomic E-state index is 13.0. The van der Waals surface area contributed by atoms with Gasteiger partial charge in [0.05, 0.1) is 34.7 Å². The molecule has 1 aliphatic carbocycles. The molecule has 0 amide bonds. The molecule has 1 saturated carbocycles. The largest absolute Gasteiger partial charge is 0.389 e. The molecule has 0 spiro atoms. The number of allylic oxidation sites excluding steroid dienone is 1. The van der Waals surface area contributed by atoms with Crippen LogP contribution in [0.2, 0.25) is 0 Å². The van der Waals surface area contributed by atoms with Gasteiger partial charge in [-0.1, -0.05) is 6.58 Å². The molecule has 2 aliphatic rings. The predicted octanol–water partition coefficient (Wildman–Crippen LogP) is 5.49. The van der Waals surface area contributed by atoms with Crippen molar-refractivity contribution in [2.24, 2.45) is 5.41 Å². The second-order valence-electron chi connectivity index (χ2n) is 10.6. The quantitative estimate of drug-likeness (QED) is 0.391. The second kappa shape index (κ2) is 10.2. The first-order valence-electron chi connectivity index (χ1n) is 13.0. The van der Waals surface area contributed by atoms with Crippen molar-refractivity contribution < 1.29 is 17.9 Å². The van der Waals surface area contributed by atoms with E-state index < -0.39 is 18.0 Å². The topological polar surface area (TPSA) is 107 Å². The van der Waals surface area contributed by atoms with E-state index in [1.54, 1.807) is 30.7 Å². The van der Waals surface area contributed by atoms with Crippen molar-refractivity contribution in [1.29, 1.82) is 5.26 Å². The standard InChI is InChI=1S/C28H29F3N6O2/c1-16(6-8-28(29,30)31)23-24-26(34-18(3)17(2)33-24)36-25(35-23)19-7-11-39-21(12-19)20-4-5-22(38)37(13-20)15-27(14-32)9-10-27/h4-5,13,19,21H,1,6-12,15H2,2-3H3. The molecule has 2 atom stereocenters. The van der Waals surface area contributed by atoms with E-state index >= 15 is 0 Å². The Balaban J connectivity index is 1.46. The lowest BCUT2D eigenvalue weighted by atomic mass is 9.91. The summed E-state index contributed by atoms with van der Waals surface area (Å²) in [5.74, 6) is 0.311. The summed E-state index contributed by atoms with van der Waals surface area (Å²) >= 11 is 0. The third kappa shape index (κ3) is 5.86. The molecule has 2 unspecified atom stereocenters. The zero-order valence-corrected chi connectivity index (χ0v) is 21.9. The van der Waals surface area contributed by atoms with Gasteiger partial charge in [-0.3, -0.25) is 4.79 Å². The van der Waals surface area contributed by atoms with E-state index in [9.17, 15) is 23.2 Å². The molecule has 5 rings (SSSR count). The number of ether oxygens (including phenoxy) is 1. The molecule has 39 heavy (non-hydrogen) atoms. The summed E-state index contributed by atoms with van der Waals surface area (Å²) in [4.78, 5) is 30.9. The van der Waals surface area contributed by atoms with Crippen molar-refractivity contribution >= 4 is 16.7 Å². The van der Waals surface area contributed by atoms with Gasteiger partial charge in [0.2, 0.25) is 0 Å². The first-order chi connectivity index (χ1) is 18.5. The van der Waals surface area contributed by atoms with E-state index in [4.69, 9.17) is 9.72 Å². The van der Waals surface area contributed by atoms with Crippen molar-refractivity contribution in [3.8, 4) is 6.07 Å². The lowest BCUT2D eigenvalue weighted by Gasteiger charge is -2.29. The number of nitriles is 1. The van der Waals surface area contributed by atoms with Crippen LogP contribution in [0.25, 0.3) is 16.7 Å². The van der Waals surface area contributed by atoms with E-state index in [1.807, 2.05) is 0 Å². The van der Waals surface area contributed by atoms with Crippen LogP contribution in [0.5, 0.6) is 0 Å². The Labute approximate surface area is 223 Å².